The monoisotopic (exact) mass is 351 g/mol. The minimum atomic E-state index is -4.08. The van der Waals surface area contributed by atoms with E-state index < -0.39 is 42.9 Å². The third-order valence-corrected chi connectivity index (χ3v) is 5.20. The number of aromatic carboxylic acids is 1. The molecule has 1 aliphatic carbocycles. The standard InChI is InChI=1S/C12H11Cl2NO5S/c13-6-3-8(12(17)18)11(14)9(4-6)21(19,20)5-10(16)15-7-1-2-7/h3-4,7H,1-2,5H2,(H,15,16)(H,17,18). The number of carbonyl (C=O) groups is 2. The highest BCUT2D eigenvalue weighted by Crippen LogP contribution is 2.30. The molecular formula is C12H11Cl2NO5S. The average molecular weight is 352 g/mol. The van der Waals surface area contributed by atoms with Gasteiger partial charge in [0.15, 0.2) is 9.84 Å². The van der Waals surface area contributed by atoms with E-state index >= 15 is 0 Å². The Morgan fingerprint density at radius 2 is 1.90 bits per heavy atom. The van der Waals surface area contributed by atoms with E-state index in [1.807, 2.05) is 0 Å². The van der Waals surface area contributed by atoms with Crippen molar-refractivity contribution in [3.63, 3.8) is 0 Å². The SMILES string of the molecule is O=C(CS(=O)(=O)c1cc(Cl)cc(C(=O)O)c1Cl)NC1CC1. The molecule has 1 saturated carbocycles. The fraction of sp³-hybridized carbons (Fsp3) is 0.333. The molecule has 0 spiro atoms. The van der Waals surface area contributed by atoms with Crippen molar-refractivity contribution in [2.24, 2.45) is 0 Å². The number of rotatable bonds is 5. The molecule has 0 radical (unpaired) electrons. The maximum atomic E-state index is 12.2. The summed E-state index contributed by atoms with van der Waals surface area (Å²) in [5, 5.41) is 11.0. The molecule has 2 N–H and O–H groups in total. The second kappa shape index (κ2) is 5.82. The summed E-state index contributed by atoms with van der Waals surface area (Å²) in [6.07, 6.45) is 1.65. The van der Waals surface area contributed by atoms with Crippen LogP contribution in [0.1, 0.15) is 23.2 Å². The summed E-state index contributed by atoms with van der Waals surface area (Å²) >= 11 is 11.5. The van der Waals surface area contributed by atoms with Gasteiger partial charge in [-0.15, -0.1) is 0 Å². The summed E-state index contributed by atoms with van der Waals surface area (Å²) in [4.78, 5) is 22.2. The number of amides is 1. The number of carbonyl (C=O) groups excluding carboxylic acids is 1. The van der Waals surface area contributed by atoms with Gasteiger partial charge in [-0.2, -0.15) is 0 Å². The number of sulfone groups is 1. The summed E-state index contributed by atoms with van der Waals surface area (Å²) in [6, 6.07) is 2.11. The third kappa shape index (κ3) is 3.87. The second-order valence-corrected chi connectivity index (χ2v) is 7.44. The minimum absolute atomic E-state index is 0.0251. The third-order valence-electron chi connectivity index (χ3n) is 2.83. The normalized spacial score (nSPS) is 14.8. The molecule has 0 unspecified atom stereocenters. The van der Waals surface area contributed by atoms with Gasteiger partial charge in [-0.25, -0.2) is 13.2 Å². The Balaban J connectivity index is 2.34. The minimum Gasteiger partial charge on any atom is -0.478 e. The zero-order chi connectivity index (χ0) is 15.8. The highest BCUT2D eigenvalue weighted by Gasteiger charge is 2.29. The molecule has 0 atom stereocenters. The molecule has 0 aliphatic heterocycles. The van der Waals surface area contributed by atoms with Gasteiger partial charge in [0.25, 0.3) is 0 Å². The van der Waals surface area contributed by atoms with Crippen molar-refractivity contribution in [1.29, 1.82) is 0 Å². The van der Waals surface area contributed by atoms with E-state index in [1.54, 1.807) is 0 Å². The molecule has 1 aromatic carbocycles. The van der Waals surface area contributed by atoms with Gasteiger partial charge < -0.3 is 10.4 Å². The van der Waals surface area contributed by atoms with E-state index in [4.69, 9.17) is 28.3 Å². The molecule has 0 saturated heterocycles. The summed E-state index contributed by atoms with van der Waals surface area (Å²) in [6.45, 7) is 0. The molecule has 9 heteroatoms. The van der Waals surface area contributed by atoms with Crippen molar-refractivity contribution in [2.45, 2.75) is 23.8 Å². The Bertz CT molecular complexity index is 713. The number of nitrogens with one attached hydrogen (secondary N) is 1. The predicted octanol–water partition coefficient (Wildman–Crippen LogP) is 1.74. The molecule has 1 fully saturated rings. The molecule has 114 valence electrons. The maximum absolute atomic E-state index is 12.2. The Labute approximate surface area is 131 Å². The molecule has 0 heterocycles. The van der Waals surface area contributed by atoms with Gasteiger partial charge in [0, 0.05) is 11.1 Å². The van der Waals surface area contributed by atoms with Crippen LogP contribution in [0.15, 0.2) is 17.0 Å². The van der Waals surface area contributed by atoms with Crippen LogP contribution in [-0.4, -0.2) is 37.2 Å². The van der Waals surface area contributed by atoms with Crippen LogP contribution in [0.5, 0.6) is 0 Å². The Hall–Kier alpha value is -1.31. The van der Waals surface area contributed by atoms with Gasteiger partial charge in [0.1, 0.15) is 5.75 Å². The number of halogens is 2. The van der Waals surface area contributed by atoms with E-state index in [0.29, 0.717) is 0 Å². The zero-order valence-electron chi connectivity index (χ0n) is 10.6. The van der Waals surface area contributed by atoms with Crippen molar-refractivity contribution in [3.8, 4) is 0 Å². The van der Waals surface area contributed by atoms with Crippen molar-refractivity contribution in [2.75, 3.05) is 5.75 Å². The molecule has 1 aliphatic rings. The lowest BCUT2D eigenvalue weighted by molar-refractivity contribution is -0.118. The molecular weight excluding hydrogens is 341 g/mol. The number of hydrogen-bond donors (Lipinski definition) is 2. The summed E-state index contributed by atoms with van der Waals surface area (Å²) in [7, 11) is -4.08. The van der Waals surface area contributed by atoms with Crippen LogP contribution in [0.25, 0.3) is 0 Å². The van der Waals surface area contributed by atoms with Gasteiger partial charge in [0.2, 0.25) is 5.91 Å². The first-order chi connectivity index (χ1) is 9.70. The maximum Gasteiger partial charge on any atom is 0.337 e. The average Bonchev–Trinajstić information content (AvgIpc) is 3.14. The van der Waals surface area contributed by atoms with E-state index in [-0.39, 0.29) is 11.1 Å². The first-order valence-electron chi connectivity index (χ1n) is 5.95. The van der Waals surface area contributed by atoms with Crippen molar-refractivity contribution in [3.05, 3.63) is 27.7 Å². The fourth-order valence-electron chi connectivity index (χ4n) is 1.69. The number of benzene rings is 1. The fourth-order valence-corrected chi connectivity index (χ4v) is 3.79. The largest absolute Gasteiger partial charge is 0.478 e. The van der Waals surface area contributed by atoms with E-state index in [0.717, 1.165) is 25.0 Å². The number of carboxylic acid groups (broad SMARTS) is 1. The summed E-state index contributed by atoms with van der Waals surface area (Å²) in [5.74, 6) is -2.85. The van der Waals surface area contributed by atoms with Crippen LogP contribution in [0.3, 0.4) is 0 Å². The molecule has 2 rings (SSSR count). The van der Waals surface area contributed by atoms with Gasteiger partial charge in [-0.05, 0) is 25.0 Å². The Morgan fingerprint density at radius 3 is 2.43 bits per heavy atom. The molecule has 21 heavy (non-hydrogen) atoms. The lowest BCUT2D eigenvalue weighted by Crippen LogP contribution is -2.32. The van der Waals surface area contributed by atoms with Crippen molar-refractivity contribution >= 4 is 44.9 Å². The molecule has 0 aromatic heterocycles. The van der Waals surface area contributed by atoms with E-state index in [1.165, 1.54) is 0 Å². The summed E-state index contributed by atoms with van der Waals surface area (Å²) in [5.41, 5.74) is -0.426. The van der Waals surface area contributed by atoms with Gasteiger partial charge in [-0.3, -0.25) is 4.79 Å². The van der Waals surface area contributed by atoms with E-state index in [9.17, 15) is 18.0 Å². The van der Waals surface area contributed by atoms with Gasteiger partial charge in [-0.1, -0.05) is 23.2 Å². The van der Waals surface area contributed by atoms with E-state index in [2.05, 4.69) is 5.32 Å². The Kier molecular flexibility index (Phi) is 4.46. The summed E-state index contributed by atoms with van der Waals surface area (Å²) < 4.78 is 24.4. The molecule has 1 aromatic rings. The Morgan fingerprint density at radius 1 is 1.29 bits per heavy atom. The number of hydrogen-bond acceptors (Lipinski definition) is 4. The zero-order valence-corrected chi connectivity index (χ0v) is 12.9. The van der Waals surface area contributed by atoms with Crippen molar-refractivity contribution in [1.82, 2.24) is 5.32 Å². The highest BCUT2D eigenvalue weighted by molar-refractivity contribution is 7.92. The van der Waals surface area contributed by atoms with Crippen LogP contribution in [-0.2, 0) is 14.6 Å². The topological polar surface area (TPSA) is 101 Å². The van der Waals surface area contributed by atoms with Crippen LogP contribution in [0.4, 0.5) is 0 Å². The first-order valence-corrected chi connectivity index (χ1v) is 8.36. The first kappa shape index (κ1) is 16.1. The lowest BCUT2D eigenvalue weighted by atomic mass is 10.2. The van der Waals surface area contributed by atoms with Gasteiger partial charge in [0.05, 0.1) is 15.5 Å². The smallest absolute Gasteiger partial charge is 0.337 e. The quantitative estimate of drug-likeness (QED) is 0.841. The molecule has 6 nitrogen and oxygen atoms in total. The van der Waals surface area contributed by atoms with Gasteiger partial charge >= 0.3 is 5.97 Å². The van der Waals surface area contributed by atoms with Crippen LogP contribution in [0.2, 0.25) is 10.0 Å². The van der Waals surface area contributed by atoms with Crippen molar-refractivity contribution < 1.29 is 23.1 Å². The number of carboxylic acids is 1. The van der Waals surface area contributed by atoms with Crippen LogP contribution >= 0.6 is 23.2 Å². The molecule has 0 bridgehead atoms. The van der Waals surface area contributed by atoms with Crippen LogP contribution in [0, 0.1) is 0 Å². The molecule has 1 amide bonds. The second-order valence-electron chi connectivity index (χ2n) is 4.67. The predicted molar refractivity (Wildman–Crippen MR) is 76.6 cm³/mol. The van der Waals surface area contributed by atoms with Crippen LogP contribution < -0.4 is 5.32 Å². The highest BCUT2D eigenvalue weighted by atomic mass is 35.5. The lowest BCUT2D eigenvalue weighted by Gasteiger charge is -2.09.